The third-order valence-electron chi connectivity index (χ3n) is 5.17. The lowest BCUT2D eigenvalue weighted by atomic mass is 9.99. The zero-order valence-corrected chi connectivity index (χ0v) is 17.7. The van der Waals surface area contributed by atoms with Crippen LogP contribution in [0.4, 0.5) is 0 Å². The van der Waals surface area contributed by atoms with E-state index in [9.17, 15) is 24.2 Å². The van der Waals surface area contributed by atoms with Gasteiger partial charge >= 0.3 is 5.97 Å². The van der Waals surface area contributed by atoms with Crippen molar-refractivity contribution in [2.45, 2.75) is 56.8 Å². The summed E-state index contributed by atoms with van der Waals surface area (Å²) in [6.07, 6.45) is 3.32. The summed E-state index contributed by atoms with van der Waals surface area (Å²) in [5, 5.41) is 15.4. The van der Waals surface area contributed by atoms with Crippen LogP contribution in [0.15, 0.2) is 24.3 Å². The Labute approximate surface area is 171 Å². The maximum atomic E-state index is 11.9. The standard InChI is InChI=1S/C20H31N2O6P/c1-14(23)21-10-6-2-3-9-19(29(26)27)18-12-22-16(13-28-18)11-15-7-4-5-8-17(15)20(24)25/h4-5,7-8,16,18-19,22,29H,2-3,6,9-13H2,1H3,(H,21,23)(H,24,25)(H,26,27)/t16-,18-,19?/m1/s1. The molecule has 2 rings (SSSR count). The molecule has 0 bridgehead atoms. The first-order valence-electron chi connectivity index (χ1n) is 10.0. The molecule has 1 aromatic rings. The third-order valence-corrected chi connectivity index (χ3v) is 6.46. The SMILES string of the molecule is CC(=O)NCCCCCC([C@H]1CN[C@H](Cc2ccccc2C(=O)O)CO1)[PH](=O)O. The summed E-state index contributed by atoms with van der Waals surface area (Å²) in [5.74, 6) is -1.00. The number of carbonyl (C=O) groups is 2. The smallest absolute Gasteiger partial charge is 0.335 e. The highest BCUT2D eigenvalue weighted by atomic mass is 31.1. The van der Waals surface area contributed by atoms with E-state index in [0.717, 1.165) is 24.8 Å². The van der Waals surface area contributed by atoms with Crippen molar-refractivity contribution < 1.29 is 28.9 Å². The highest BCUT2D eigenvalue weighted by Gasteiger charge is 2.31. The molecule has 1 aromatic carbocycles. The number of hydrogen-bond acceptors (Lipinski definition) is 5. The number of rotatable bonds is 11. The molecule has 1 aliphatic rings. The predicted octanol–water partition coefficient (Wildman–Crippen LogP) is 1.82. The molecule has 0 aromatic heterocycles. The summed E-state index contributed by atoms with van der Waals surface area (Å²) >= 11 is 0. The van der Waals surface area contributed by atoms with Gasteiger partial charge in [0.25, 0.3) is 0 Å². The van der Waals surface area contributed by atoms with Crippen LogP contribution in [0.5, 0.6) is 0 Å². The second-order valence-electron chi connectivity index (χ2n) is 7.42. The number of morpholine rings is 1. The Hall–Kier alpha value is -1.73. The molecule has 0 saturated carbocycles. The van der Waals surface area contributed by atoms with E-state index in [1.54, 1.807) is 18.2 Å². The summed E-state index contributed by atoms with van der Waals surface area (Å²) in [4.78, 5) is 31.9. The fourth-order valence-electron chi connectivity index (χ4n) is 3.60. The summed E-state index contributed by atoms with van der Waals surface area (Å²) in [5.41, 5.74) is 0.625. The lowest BCUT2D eigenvalue weighted by Gasteiger charge is -2.34. The molecule has 0 radical (unpaired) electrons. The van der Waals surface area contributed by atoms with E-state index in [1.165, 1.54) is 6.92 Å². The van der Waals surface area contributed by atoms with Gasteiger partial charge in [0.1, 0.15) is 0 Å². The van der Waals surface area contributed by atoms with Crippen molar-refractivity contribution >= 4 is 19.9 Å². The molecule has 2 unspecified atom stereocenters. The quantitative estimate of drug-likeness (QED) is 0.314. The van der Waals surface area contributed by atoms with Crippen LogP contribution >= 0.6 is 8.03 Å². The van der Waals surface area contributed by atoms with Gasteiger partial charge in [-0.2, -0.15) is 0 Å². The van der Waals surface area contributed by atoms with E-state index >= 15 is 0 Å². The van der Waals surface area contributed by atoms with E-state index in [4.69, 9.17) is 4.74 Å². The van der Waals surface area contributed by atoms with Gasteiger partial charge < -0.3 is 25.4 Å². The highest BCUT2D eigenvalue weighted by molar-refractivity contribution is 7.39. The number of aromatic carboxylic acids is 1. The van der Waals surface area contributed by atoms with Crippen molar-refractivity contribution in [1.82, 2.24) is 10.6 Å². The highest BCUT2D eigenvalue weighted by Crippen LogP contribution is 2.32. The molecule has 0 spiro atoms. The van der Waals surface area contributed by atoms with Gasteiger partial charge in [0, 0.05) is 26.1 Å². The minimum absolute atomic E-state index is 0.0360. The van der Waals surface area contributed by atoms with Gasteiger partial charge in [0.15, 0.2) is 8.03 Å². The van der Waals surface area contributed by atoms with E-state index in [1.807, 2.05) is 6.07 Å². The van der Waals surface area contributed by atoms with Gasteiger partial charge in [-0.15, -0.1) is 0 Å². The molecule has 4 atom stereocenters. The van der Waals surface area contributed by atoms with Crippen LogP contribution in [0.1, 0.15) is 48.5 Å². The number of hydrogen-bond donors (Lipinski definition) is 4. The molecular weight excluding hydrogens is 395 g/mol. The Balaban J connectivity index is 1.79. The maximum absolute atomic E-state index is 11.9. The molecule has 4 N–H and O–H groups in total. The van der Waals surface area contributed by atoms with Gasteiger partial charge in [0.05, 0.1) is 23.9 Å². The van der Waals surface area contributed by atoms with Gasteiger partial charge in [-0.3, -0.25) is 9.36 Å². The van der Waals surface area contributed by atoms with Crippen molar-refractivity contribution in [2.24, 2.45) is 0 Å². The first-order chi connectivity index (χ1) is 13.9. The minimum atomic E-state index is -2.73. The number of nitrogens with one attached hydrogen (secondary N) is 2. The monoisotopic (exact) mass is 426 g/mol. The summed E-state index contributed by atoms with van der Waals surface area (Å²) in [6, 6.07) is 6.87. The average molecular weight is 426 g/mol. The molecule has 1 amide bonds. The third kappa shape index (κ3) is 7.90. The van der Waals surface area contributed by atoms with Crippen LogP contribution in [-0.4, -0.2) is 59.4 Å². The molecule has 29 heavy (non-hydrogen) atoms. The van der Waals surface area contributed by atoms with E-state index in [0.29, 0.717) is 32.5 Å². The van der Waals surface area contributed by atoms with E-state index in [2.05, 4.69) is 10.6 Å². The maximum Gasteiger partial charge on any atom is 0.335 e. The Morgan fingerprint density at radius 3 is 2.69 bits per heavy atom. The van der Waals surface area contributed by atoms with Crippen molar-refractivity contribution in [3.05, 3.63) is 35.4 Å². The molecule has 9 heteroatoms. The Morgan fingerprint density at radius 2 is 2.07 bits per heavy atom. The summed E-state index contributed by atoms with van der Waals surface area (Å²) < 4.78 is 17.8. The lowest BCUT2D eigenvalue weighted by molar-refractivity contribution is -0.118. The molecule has 8 nitrogen and oxygen atoms in total. The van der Waals surface area contributed by atoms with Crippen molar-refractivity contribution in [2.75, 3.05) is 19.7 Å². The van der Waals surface area contributed by atoms with Gasteiger partial charge in [-0.1, -0.05) is 31.0 Å². The molecule has 1 aliphatic heterocycles. The van der Waals surface area contributed by atoms with Crippen molar-refractivity contribution in [3.63, 3.8) is 0 Å². The Kier molecular flexibility index (Phi) is 9.81. The predicted molar refractivity (Wildman–Crippen MR) is 111 cm³/mol. The second kappa shape index (κ2) is 12.1. The van der Waals surface area contributed by atoms with Crippen LogP contribution in [0, 0.1) is 0 Å². The molecular formula is C20H31N2O6P. The minimum Gasteiger partial charge on any atom is -0.478 e. The number of benzene rings is 1. The summed E-state index contributed by atoms with van der Waals surface area (Å²) in [7, 11) is -2.73. The second-order valence-corrected chi connectivity index (χ2v) is 8.84. The van der Waals surface area contributed by atoms with Crippen LogP contribution in [0.25, 0.3) is 0 Å². The van der Waals surface area contributed by atoms with Crippen LogP contribution in [0.3, 0.4) is 0 Å². The fraction of sp³-hybridized carbons (Fsp3) is 0.600. The number of unbranched alkanes of at least 4 members (excludes halogenated alkanes) is 2. The number of amides is 1. The number of carbonyl (C=O) groups excluding carboxylic acids is 1. The van der Waals surface area contributed by atoms with E-state index < -0.39 is 19.7 Å². The number of carboxylic acid groups (broad SMARTS) is 1. The topological polar surface area (TPSA) is 125 Å². The fourth-order valence-corrected chi connectivity index (χ4v) is 4.58. The van der Waals surface area contributed by atoms with Crippen LogP contribution in [0.2, 0.25) is 0 Å². The Bertz CT molecular complexity index is 706. The number of ether oxygens (including phenoxy) is 1. The average Bonchev–Trinajstić information content (AvgIpc) is 2.68. The molecule has 162 valence electrons. The first-order valence-corrected chi connectivity index (χ1v) is 11.4. The van der Waals surface area contributed by atoms with Gasteiger partial charge in [-0.25, -0.2) is 4.79 Å². The number of carboxylic acids is 1. The zero-order valence-electron chi connectivity index (χ0n) is 16.7. The molecule has 1 heterocycles. The lowest BCUT2D eigenvalue weighted by Crippen LogP contribution is -2.50. The largest absolute Gasteiger partial charge is 0.478 e. The summed E-state index contributed by atoms with van der Waals surface area (Å²) in [6.45, 7) is 2.93. The normalized spacial score (nSPS) is 21.3. The Morgan fingerprint density at radius 1 is 1.31 bits per heavy atom. The molecule has 0 aliphatic carbocycles. The van der Waals surface area contributed by atoms with Gasteiger partial charge in [0.2, 0.25) is 5.91 Å². The van der Waals surface area contributed by atoms with E-state index in [-0.39, 0.29) is 23.6 Å². The van der Waals surface area contributed by atoms with Crippen LogP contribution < -0.4 is 10.6 Å². The van der Waals surface area contributed by atoms with Gasteiger partial charge in [-0.05, 0) is 30.9 Å². The van der Waals surface area contributed by atoms with Crippen molar-refractivity contribution in [3.8, 4) is 0 Å². The van der Waals surface area contributed by atoms with Crippen LogP contribution in [-0.2, 0) is 20.5 Å². The molecule has 1 saturated heterocycles. The molecule has 1 fully saturated rings. The van der Waals surface area contributed by atoms with Crippen molar-refractivity contribution in [1.29, 1.82) is 0 Å². The zero-order chi connectivity index (χ0) is 21.2. The first kappa shape index (κ1) is 23.5.